The fourth-order valence-electron chi connectivity index (χ4n) is 3.32. The molecule has 0 bridgehead atoms. The average molecular weight is 358 g/mol. The molecule has 1 saturated heterocycles. The van der Waals surface area contributed by atoms with Crippen molar-refractivity contribution < 1.29 is 0 Å². The summed E-state index contributed by atoms with van der Waals surface area (Å²) >= 11 is 0. The molecule has 0 amide bonds. The Morgan fingerprint density at radius 2 is 1.81 bits per heavy atom. The van der Waals surface area contributed by atoms with E-state index >= 15 is 0 Å². The van der Waals surface area contributed by atoms with E-state index in [4.69, 9.17) is 4.99 Å². The Bertz CT molecular complexity index is 862. The molecule has 0 aliphatic carbocycles. The van der Waals surface area contributed by atoms with E-state index in [-0.39, 0.29) is 12.1 Å². The average Bonchev–Trinajstić information content (AvgIpc) is 3.13. The van der Waals surface area contributed by atoms with Gasteiger partial charge in [0.25, 0.3) is 0 Å². The molecule has 1 aliphatic rings. The molecule has 138 valence electrons. The molecule has 27 heavy (non-hydrogen) atoms. The van der Waals surface area contributed by atoms with E-state index in [1.165, 1.54) is 22.3 Å². The van der Waals surface area contributed by atoms with Crippen LogP contribution in [0.15, 0.2) is 96.0 Å². The van der Waals surface area contributed by atoms with Gasteiger partial charge in [0, 0.05) is 0 Å². The van der Waals surface area contributed by atoms with E-state index < -0.39 is 0 Å². The Balaban J connectivity index is 1.87. The van der Waals surface area contributed by atoms with E-state index in [1.54, 1.807) is 6.08 Å². The highest BCUT2D eigenvalue weighted by atomic mass is 15.3. The minimum Gasteiger partial charge on any atom is -0.347 e. The van der Waals surface area contributed by atoms with Crippen LogP contribution in [0.25, 0.3) is 0 Å². The van der Waals surface area contributed by atoms with Crippen molar-refractivity contribution in [1.29, 1.82) is 0 Å². The zero-order chi connectivity index (χ0) is 19.1. The van der Waals surface area contributed by atoms with Crippen LogP contribution in [0.2, 0.25) is 0 Å². The summed E-state index contributed by atoms with van der Waals surface area (Å²) in [6.07, 6.45) is 8.02. The lowest BCUT2D eigenvalue weighted by Crippen LogP contribution is -2.30. The molecular formula is C24H27N3. The highest BCUT2D eigenvalue weighted by molar-refractivity contribution is 5.84. The van der Waals surface area contributed by atoms with Gasteiger partial charge in [-0.3, -0.25) is 0 Å². The Morgan fingerprint density at radius 1 is 1.07 bits per heavy atom. The van der Waals surface area contributed by atoms with Crippen LogP contribution in [0.4, 0.5) is 0 Å². The van der Waals surface area contributed by atoms with Crippen molar-refractivity contribution in [3.63, 3.8) is 0 Å². The van der Waals surface area contributed by atoms with Crippen LogP contribution in [-0.2, 0) is 6.54 Å². The van der Waals surface area contributed by atoms with Crippen molar-refractivity contribution in [3.8, 4) is 0 Å². The molecule has 2 atom stereocenters. The third kappa shape index (κ3) is 4.56. The number of aryl methyl sites for hydroxylation is 1. The third-order valence-electron chi connectivity index (χ3n) is 4.86. The summed E-state index contributed by atoms with van der Waals surface area (Å²) in [5.74, 6) is 0.837. The van der Waals surface area contributed by atoms with Crippen LogP contribution in [0, 0.1) is 6.92 Å². The molecule has 1 fully saturated rings. The lowest BCUT2D eigenvalue weighted by atomic mass is 9.94. The first-order valence-corrected chi connectivity index (χ1v) is 9.35. The summed E-state index contributed by atoms with van der Waals surface area (Å²) in [5.41, 5.74) is 4.95. The second-order valence-corrected chi connectivity index (χ2v) is 6.63. The number of guanidine groups is 1. The Labute approximate surface area is 162 Å². The zero-order valence-corrected chi connectivity index (χ0v) is 16.0. The smallest absolute Gasteiger partial charge is 0.192 e. The molecule has 0 radical (unpaired) electrons. The van der Waals surface area contributed by atoms with Gasteiger partial charge in [0.2, 0.25) is 0 Å². The molecule has 0 saturated carbocycles. The molecule has 0 aromatic heterocycles. The molecule has 3 heteroatoms. The normalized spacial score (nSPS) is 21.3. The largest absolute Gasteiger partial charge is 0.347 e. The number of allylic oxidation sites excluding steroid dienone is 3. The molecular weight excluding hydrogens is 330 g/mol. The summed E-state index contributed by atoms with van der Waals surface area (Å²) < 4.78 is 0. The van der Waals surface area contributed by atoms with Crippen molar-refractivity contribution in [1.82, 2.24) is 10.6 Å². The maximum Gasteiger partial charge on any atom is 0.192 e. The molecule has 3 nitrogen and oxygen atoms in total. The molecule has 0 unspecified atom stereocenters. The quantitative estimate of drug-likeness (QED) is 0.726. The van der Waals surface area contributed by atoms with Crippen LogP contribution in [0.1, 0.15) is 29.7 Å². The van der Waals surface area contributed by atoms with E-state index in [0.717, 1.165) is 5.96 Å². The van der Waals surface area contributed by atoms with E-state index in [0.29, 0.717) is 6.54 Å². The van der Waals surface area contributed by atoms with Gasteiger partial charge in [-0.15, -0.1) is 0 Å². The van der Waals surface area contributed by atoms with Gasteiger partial charge in [0.15, 0.2) is 5.96 Å². The van der Waals surface area contributed by atoms with E-state index in [9.17, 15) is 0 Å². The van der Waals surface area contributed by atoms with Crippen molar-refractivity contribution in [2.45, 2.75) is 32.5 Å². The van der Waals surface area contributed by atoms with Crippen LogP contribution < -0.4 is 10.6 Å². The SMILES string of the molecule is C=C/C=C\C(=C/C)[C@H]1NC(=NCc2ccccc2C)N[C@H]1c1ccccc1. The molecule has 1 heterocycles. The summed E-state index contributed by atoms with van der Waals surface area (Å²) in [6.45, 7) is 8.63. The number of rotatable bonds is 6. The first-order chi connectivity index (χ1) is 13.2. The van der Waals surface area contributed by atoms with Crippen LogP contribution in [-0.4, -0.2) is 12.0 Å². The number of nitrogens with one attached hydrogen (secondary N) is 2. The molecule has 2 aromatic carbocycles. The minimum absolute atomic E-state index is 0.115. The standard InChI is InChI=1S/C24H27N3/c1-4-6-13-19(5-2)22-23(20-14-8-7-9-15-20)27-24(26-22)25-17-21-16-11-10-12-18(21)3/h4-16,22-23H,1,17H2,2-3H3,(H2,25,26,27)/b13-6-,19-5+/t22-,23+/m1/s1. The maximum atomic E-state index is 4.80. The van der Waals surface area contributed by atoms with Gasteiger partial charge in [-0.2, -0.15) is 0 Å². The van der Waals surface area contributed by atoms with Crippen LogP contribution in [0.3, 0.4) is 0 Å². The third-order valence-corrected chi connectivity index (χ3v) is 4.86. The van der Waals surface area contributed by atoms with Gasteiger partial charge < -0.3 is 10.6 Å². The Hall–Kier alpha value is -3.07. The summed E-state index contributed by atoms with van der Waals surface area (Å²) in [6, 6.07) is 19.1. The number of benzene rings is 2. The van der Waals surface area contributed by atoms with Crippen molar-refractivity contribution >= 4 is 5.96 Å². The number of hydrogen-bond acceptors (Lipinski definition) is 1. The van der Waals surface area contributed by atoms with Crippen LogP contribution in [0.5, 0.6) is 0 Å². The molecule has 3 rings (SSSR count). The molecule has 2 N–H and O–H groups in total. The van der Waals surface area contributed by atoms with Gasteiger partial charge in [0.1, 0.15) is 0 Å². The highest BCUT2D eigenvalue weighted by Gasteiger charge is 2.32. The number of hydrogen-bond donors (Lipinski definition) is 2. The fourth-order valence-corrected chi connectivity index (χ4v) is 3.32. The van der Waals surface area contributed by atoms with Gasteiger partial charge >= 0.3 is 0 Å². The molecule has 2 aromatic rings. The van der Waals surface area contributed by atoms with Crippen molar-refractivity contribution in [2.75, 3.05) is 0 Å². The van der Waals surface area contributed by atoms with Gasteiger partial charge in [0.05, 0.1) is 18.6 Å². The number of aliphatic imine (C=N–C) groups is 1. The fraction of sp³-hybridized carbons (Fsp3) is 0.208. The Morgan fingerprint density at radius 3 is 2.52 bits per heavy atom. The lowest BCUT2D eigenvalue weighted by molar-refractivity contribution is 0.596. The predicted molar refractivity (Wildman–Crippen MR) is 115 cm³/mol. The lowest BCUT2D eigenvalue weighted by Gasteiger charge is -2.20. The summed E-state index contributed by atoms with van der Waals surface area (Å²) in [4.78, 5) is 4.80. The monoisotopic (exact) mass is 357 g/mol. The van der Waals surface area contributed by atoms with E-state index in [2.05, 4.69) is 91.7 Å². The van der Waals surface area contributed by atoms with Gasteiger partial charge in [-0.1, -0.05) is 85.5 Å². The van der Waals surface area contributed by atoms with Crippen LogP contribution >= 0.6 is 0 Å². The first kappa shape index (κ1) is 18.7. The van der Waals surface area contributed by atoms with Crippen molar-refractivity contribution in [2.24, 2.45) is 4.99 Å². The highest BCUT2D eigenvalue weighted by Crippen LogP contribution is 2.26. The van der Waals surface area contributed by atoms with E-state index in [1.807, 2.05) is 12.1 Å². The van der Waals surface area contributed by atoms with Gasteiger partial charge in [-0.25, -0.2) is 4.99 Å². The number of nitrogens with zero attached hydrogens (tertiary/aromatic N) is 1. The first-order valence-electron chi connectivity index (χ1n) is 9.35. The maximum absolute atomic E-state index is 4.80. The molecule has 1 aliphatic heterocycles. The second-order valence-electron chi connectivity index (χ2n) is 6.63. The van der Waals surface area contributed by atoms with Gasteiger partial charge in [-0.05, 0) is 36.1 Å². The second kappa shape index (κ2) is 9.04. The summed E-state index contributed by atoms with van der Waals surface area (Å²) in [5, 5.41) is 7.15. The van der Waals surface area contributed by atoms with Crippen molar-refractivity contribution in [3.05, 3.63) is 108 Å². The topological polar surface area (TPSA) is 36.4 Å². The zero-order valence-electron chi connectivity index (χ0n) is 16.0. The Kier molecular flexibility index (Phi) is 6.26. The summed E-state index contributed by atoms with van der Waals surface area (Å²) in [7, 11) is 0. The predicted octanol–water partition coefficient (Wildman–Crippen LogP) is 4.84. The molecule has 0 spiro atoms. The minimum atomic E-state index is 0.115.